The first-order valence-electron chi connectivity index (χ1n) is 36.5. The van der Waals surface area contributed by atoms with Crippen molar-refractivity contribution in [3.05, 3.63) is 256 Å². The number of ether oxygens (including phenoxy) is 2. The van der Waals surface area contributed by atoms with E-state index in [0.717, 1.165) is 86.1 Å². The summed E-state index contributed by atoms with van der Waals surface area (Å²) in [5.41, 5.74) is 13.3. The van der Waals surface area contributed by atoms with E-state index in [1.165, 1.54) is 91.8 Å². The van der Waals surface area contributed by atoms with E-state index in [1.54, 1.807) is 120 Å². The van der Waals surface area contributed by atoms with Gasteiger partial charge >= 0.3 is 0 Å². The molecule has 0 saturated heterocycles. The predicted molar refractivity (Wildman–Crippen MR) is 415 cm³/mol. The number of anilines is 1. The van der Waals surface area contributed by atoms with Crippen LogP contribution < -0.4 is 192 Å². The number of methoxy groups -OCH3 is 2. The molecular formula is C83H92Br8N12O20-6. The van der Waals surface area contributed by atoms with Crippen molar-refractivity contribution >= 4 is 109 Å². The number of para-hydroxylation sites is 1. The molecule has 0 aliphatic heterocycles. The van der Waals surface area contributed by atoms with E-state index in [0.29, 0.717) is 28.0 Å². The highest BCUT2D eigenvalue weighted by Crippen LogP contribution is 2.23. The second-order valence-electron chi connectivity index (χ2n) is 25.5. The molecule has 0 spiro atoms. The molecule has 0 unspecified atom stereocenters. The summed E-state index contributed by atoms with van der Waals surface area (Å²) in [6.07, 6.45) is 23.9. The number of nitrogens with one attached hydrogen (secondary N) is 2. The van der Waals surface area contributed by atoms with Crippen LogP contribution in [0.25, 0.3) is 11.1 Å². The van der Waals surface area contributed by atoms with E-state index in [-0.39, 0.29) is 198 Å². The standard InChI is InChI=1S/C16H16N2O4.C16H24N2O3.C15H14N2O4.C14H11BrN2O3.C14H20N2O3.C8H7BrN2O3.6BrH/c1-22-14-6-2-4-12(8-14)9-17-15(19)11-18-7-3-5-13(10-18)16(20)21;1-3-5-10-18(11-6-4-2)15(19)13-17-9-7-8-14(12-17)16(20)21;1-21-13-4-2-10(3-5-13)11-6-12(15(19)20)8-17(7-11)9-14(16)18;15-11-5-1-2-6-12(11)16-13(18)9-17-7-3-4-10(8-17)14(19)20;1-3-7-16(8-4-2)13(17)11-15-9-5-6-12(10-15)14(18)19;9-6-1-5(8(13)14)2-11(3-6)4-7(10)12;;;;;;/h2-8,10H,9,11H2,1H3,(H-,17,19,20,21);7-9,12H,3-6,10-11,13H2,1-2H3;2-8H,9H2,1H3,(H2-,16,18,19,20);1-8H,9H2,(H-,16,18,19,20);5-6,9-10H,3-4,7-8,11H2,1-2H3;1-3H,4H2,(H2-,10,12,13,14);6*1H/p-6. The minimum atomic E-state index is -1.32. The normalized spacial score (nSPS) is 9.63. The van der Waals surface area contributed by atoms with Gasteiger partial charge < -0.3 is 203 Å². The number of rotatable bonds is 34. The number of carboxylic acid groups (broad SMARTS) is 6. The molecule has 0 fully saturated rings. The summed E-state index contributed by atoms with van der Waals surface area (Å²) in [4.78, 5) is 138. The van der Waals surface area contributed by atoms with Crippen LogP contribution in [0.1, 0.15) is 134 Å². The Morgan fingerprint density at radius 3 is 1.15 bits per heavy atom. The Bertz CT molecular complexity index is 4900. The first kappa shape index (κ1) is 117. The molecular weight excluding hydrogens is 2120 g/mol. The van der Waals surface area contributed by atoms with Gasteiger partial charge in [0.1, 0.15) is 11.5 Å². The molecule has 0 saturated carbocycles. The highest BCUT2D eigenvalue weighted by atomic mass is 79.9. The van der Waals surface area contributed by atoms with E-state index in [2.05, 4.69) is 56.3 Å². The number of primary amides is 2. The summed E-state index contributed by atoms with van der Waals surface area (Å²) < 4.78 is 20.5. The van der Waals surface area contributed by atoms with Crippen LogP contribution in [0.15, 0.2) is 217 Å². The van der Waals surface area contributed by atoms with E-state index in [9.17, 15) is 88.2 Å². The zero-order valence-electron chi connectivity index (χ0n) is 67.6. The van der Waals surface area contributed by atoms with Crippen molar-refractivity contribution in [2.75, 3.05) is 45.7 Å². The SMILES string of the molecule is CCCCN(CCCC)C(=O)C[n+]1cccc(C(=O)[O-])c1.CCCN(CCC)C(=O)C[n+]1cccc(C(=O)[O-])c1.COc1ccc(-c2cc(C(=O)[O-])c[n+](CC(N)=O)c2)cc1.COc1cccc(CNC(=O)C[n+]2cccc(C(=O)[O-])c2)c1.NC(=O)C[n+]1cc(Br)cc(C(=O)[O-])c1.O=C(C[n+]1cccc(C(=O)[O-])c1)Nc1ccccc1Br.[Br-].[Br-].[Br-].[Br-].[Br-].[Br-]. The molecule has 0 bridgehead atoms. The van der Waals surface area contributed by atoms with Gasteiger partial charge in [-0.25, -0.2) is 0 Å². The minimum absolute atomic E-state index is 0. The lowest BCUT2D eigenvalue weighted by Crippen LogP contribution is -3.00. The van der Waals surface area contributed by atoms with Gasteiger partial charge in [0, 0.05) is 67.0 Å². The number of halogens is 8. The lowest BCUT2D eigenvalue weighted by atomic mass is 10.1. The van der Waals surface area contributed by atoms with Gasteiger partial charge in [-0.2, -0.15) is 27.4 Å². The van der Waals surface area contributed by atoms with Crippen LogP contribution in [0, 0.1) is 0 Å². The number of carboxylic acids is 6. The van der Waals surface area contributed by atoms with Gasteiger partial charge in [0.25, 0.3) is 35.4 Å². The number of aromatic nitrogens is 6. The molecule has 666 valence electrons. The van der Waals surface area contributed by atoms with Crippen LogP contribution >= 0.6 is 31.9 Å². The molecule has 0 atom stereocenters. The molecule has 3 aromatic carbocycles. The van der Waals surface area contributed by atoms with Crippen molar-refractivity contribution in [3.8, 4) is 22.6 Å². The molecule has 40 heteroatoms. The topological polar surface area (TPSA) is 468 Å². The van der Waals surface area contributed by atoms with Crippen LogP contribution in [-0.4, -0.2) is 121 Å². The molecule has 32 nitrogen and oxygen atoms in total. The van der Waals surface area contributed by atoms with Crippen LogP contribution in [-0.2, 0) is 74.6 Å². The highest BCUT2D eigenvalue weighted by Gasteiger charge is 2.21. The van der Waals surface area contributed by atoms with Crippen molar-refractivity contribution in [1.82, 2.24) is 15.1 Å². The fourth-order valence-electron chi connectivity index (χ4n) is 10.5. The number of aromatic carboxylic acids is 6. The average molecular weight is 2220 g/mol. The Morgan fingerprint density at radius 2 is 0.756 bits per heavy atom. The number of unbranched alkanes of at least 4 members (excludes halogenated alkanes) is 2. The summed E-state index contributed by atoms with van der Waals surface area (Å²) in [6, 6.07) is 36.7. The van der Waals surface area contributed by atoms with Crippen molar-refractivity contribution in [3.63, 3.8) is 0 Å². The third kappa shape index (κ3) is 45.6. The molecule has 0 aliphatic rings. The second-order valence-corrected chi connectivity index (χ2v) is 27.2. The number of carbonyl (C=O) groups excluding carboxylic acids is 12. The lowest BCUT2D eigenvalue weighted by Gasteiger charge is -2.21. The smallest absolute Gasteiger partial charge is 0.290 e. The third-order valence-electron chi connectivity index (χ3n) is 16.1. The van der Waals surface area contributed by atoms with E-state index < -0.39 is 47.6 Å². The van der Waals surface area contributed by atoms with Gasteiger partial charge in [0.2, 0.25) is 39.3 Å². The molecule has 9 aromatic rings. The molecule has 0 aliphatic carbocycles. The monoisotopic (exact) mass is 2210 g/mol. The van der Waals surface area contributed by atoms with E-state index >= 15 is 0 Å². The molecule has 6 aromatic heterocycles. The fraction of sp³-hybridized carbons (Fsp3) is 0.277. The van der Waals surface area contributed by atoms with Crippen LogP contribution in [0.5, 0.6) is 11.5 Å². The number of hydrogen-bond donors (Lipinski definition) is 4. The lowest BCUT2D eigenvalue weighted by molar-refractivity contribution is -0.685. The number of nitrogens with zero attached hydrogens (tertiary/aromatic N) is 8. The van der Waals surface area contributed by atoms with E-state index in [4.69, 9.17) is 20.9 Å². The van der Waals surface area contributed by atoms with Crippen LogP contribution in [0.2, 0.25) is 0 Å². The minimum Gasteiger partial charge on any atom is -1.00 e. The van der Waals surface area contributed by atoms with Crippen molar-refractivity contribution in [2.45, 2.75) is 112 Å². The first-order valence-corrected chi connectivity index (χ1v) is 38.1. The van der Waals surface area contributed by atoms with Gasteiger partial charge in [-0.3, -0.25) is 28.8 Å². The molecule has 6 N–H and O–H groups in total. The molecule has 9 rings (SSSR count). The Labute approximate surface area is 791 Å². The second kappa shape index (κ2) is 63.6. The zero-order valence-corrected chi connectivity index (χ0v) is 80.3. The Kier molecular flexibility index (Phi) is 60.3. The molecule has 123 heavy (non-hydrogen) atoms. The molecule has 6 amide bonds. The summed E-state index contributed by atoms with van der Waals surface area (Å²) in [5.74, 6) is -7.75. The van der Waals surface area contributed by atoms with Crippen LogP contribution in [0.4, 0.5) is 5.69 Å². The number of benzene rings is 3. The number of nitrogens with two attached hydrogens (primary N) is 2. The van der Waals surface area contributed by atoms with Gasteiger partial charge in [0.15, 0.2) is 74.4 Å². The summed E-state index contributed by atoms with van der Waals surface area (Å²) in [6.45, 7) is 11.8. The summed E-state index contributed by atoms with van der Waals surface area (Å²) in [7, 11) is 3.14. The average Bonchev–Trinajstić information content (AvgIpc) is 0.818. The number of carbonyl (C=O) groups is 12. The number of pyridine rings is 6. The highest BCUT2D eigenvalue weighted by molar-refractivity contribution is 9.10. The number of hydrogen-bond acceptors (Lipinski definition) is 20. The third-order valence-corrected chi connectivity index (χ3v) is 17.2. The Balaban J connectivity index is -0.00000140. The summed E-state index contributed by atoms with van der Waals surface area (Å²) >= 11 is 6.44. The first-order chi connectivity index (χ1) is 55.8. The van der Waals surface area contributed by atoms with Crippen molar-refractivity contribution in [2.24, 2.45) is 11.5 Å². The van der Waals surface area contributed by atoms with Gasteiger partial charge in [-0.15, -0.1) is 0 Å². The Hall–Kier alpha value is -10.4. The fourth-order valence-corrected chi connectivity index (χ4v) is 11.4. The zero-order chi connectivity index (χ0) is 86.5. The van der Waals surface area contributed by atoms with Crippen molar-refractivity contribution < 1.29 is 227 Å². The van der Waals surface area contributed by atoms with E-state index in [1.807, 2.05) is 61.2 Å². The summed E-state index contributed by atoms with van der Waals surface area (Å²) in [5, 5.41) is 70.2. The largest absolute Gasteiger partial charge is 1.00 e. The Morgan fingerprint density at radius 1 is 0.374 bits per heavy atom. The van der Waals surface area contributed by atoms with Crippen LogP contribution in [0.3, 0.4) is 0 Å². The maximum atomic E-state index is 12.3. The molecule has 0 radical (unpaired) electrons. The maximum absolute atomic E-state index is 12.3. The quantitative estimate of drug-likeness (QED) is 0.0272. The van der Waals surface area contributed by atoms with Gasteiger partial charge in [-0.1, -0.05) is 76.9 Å². The number of amides is 6. The maximum Gasteiger partial charge on any atom is 0.290 e. The van der Waals surface area contributed by atoms with Gasteiger partial charge in [-0.05, 0) is 141 Å². The van der Waals surface area contributed by atoms with Crippen molar-refractivity contribution in [1.29, 1.82) is 0 Å². The van der Waals surface area contributed by atoms with Gasteiger partial charge in [0.05, 0.1) is 93.6 Å². The molecule has 6 heterocycles. The predicted octanol–water partition coefficient (Wildman–Crippen LogP) is -18.7.